The summed E-state index contributed by atoms with van der Waals surface area (Å²) in [5.74, 6) is 0.437. The van der Waals surface area contributed by atoms with Gasteiger partial charge in [0.05, 0.1) is 23.4 Å². The van der Waals surface area contributed by atoms with Crippen molar-refractivity contribution in [2.45, 2.75) is 12.6 Å². The molecule has 3 aromatic heterocycles. The molecule has 1 aliphatic heterocycles. The number of aromatic amines is 1. The van der Waals surface area contributed by atoms with Crippen molar-refractivity contribution in [3.8, 4) is 10.6 Å². The first kappa shape index (κ1) is 15.3. The van der Waals surface area contributed by atoms with E-state index in [9.17, 15) is 0 Å². The summed E-state index contributed by atoms with van der Waals surface area (Å²) in [4.78, 5) is 12.0. The number of aromatic nitrogens is 4. The number of thiophene rings is 1. The van der Waals surface area contributed by atoms with Gasteiger partial charge in [0.25, 0.3) is 0 Å². The largest absolute Gasteiger partial charge is 0.382 e. The fourth-order valence-corrected chi connectivity index (χ4v) is 3.68. The van der Waals surface area contributed by atoms with Gasteiger partial charge in [0, 0.05) is 37.6 Å². The summed E-state index contributed by atoms with van der Waals surface area (Å²) in [6.45, 7) is 3.06. The summed E-state index contributed by atoms with van der Waals surface area (Å²) in [5.41, 5.74) is 8.93. The van der Waals surface area contributed by atoms with E-state index in [0.29, 0.717) is 18.1 Å². The maximum atomic E-state index is 5.94. The van der Waals surface area contributed by atoms with E-state index in [1.165, 1.54) is 10.4 Å². The van der Waals surface area contributed by atoms with Gasteiger partial charge in [-0.05, 0) is 11.4 Å². The number of ether oxygens (including phenoxy) is 1. The van der Waals surface area contributed by atoms with Gasteiger partial charge in [-0.25, -0.2) is 4.98 Å². The highest BCUT2D eigenvalue weighted by atomic mass is 32.1. The number of hydrogen-bond donors (Lipinski definition) is 2. The lowest BCUT2D eigenvalue weighted by Gasteiger charge is -2.32. The molecular weight excluding hydrogens is 324 g/mol. The van der Waals surface area contributed by atoms with Gasteiger partial charge in [-0.1, -0.05) is 6.07 Å². The fraction of sp³-hybridized carbons (Fsp3) is 0.312. The molecule has 24 heavy (non-hydrogen) atoms. The van der Waals surface area contributed by atoms with Crippen molar-refractivity contribution in [3.05, 3.63) is 47.4 Å². The molecule has 1 fully saturated rings. The smallest absolute Gasteiger partial charge is 0.147 e. The third-order valence-corrected chi connectivity index (χ3v) is 4.98. The Morgan fingerprint density at radius 3 is 3.12 bits per heavy atom. The van der Waals surface area contributed by atoms with Crippen LogP contribution in [0, 0.1) is 0 Å². The molecule has 4 rings (SSSR count). The minimum Gasteiger partial charge on any atom is -0.382 e. The first-order valence-corrected chi connectivity index (χ1v) is 8.65. The Morgan fingerprint density at radius 1 is 1.38 bits per heavy atom. The molecular formula is C16H18N6OS. The molecule has 0 unspecified atom stereocenters. The second-order valence-electron chi connectivity index (χ2n) is 5.67. The van der Waals surface area contributed by atoms with E-state index in [-0.39, 0.29) is 6.10 Å². The summed E-state index contributed by atoms with van der Waals surface area (Å²) in [6.07, 6.45) is 5.00. The molecule has 124 valence electrons. The van der Waals surface area contributed by atoms with Crippen LogP contribution in [0.3, 0.4) is 0 Å². The second-order valence-corrected chi connectivity index (χ2v) is 6.62. The maximum absolute atomic E-state index is 5.94. The molecule has 8 heteroatoms. The monoisotopic (exact) mass is 342 g/mol. The van der Waals surface area contributed by atoms with Gasteiger partial charge in [0.2, 0.25) is 0 Å². The summed E-state index contributed by atoms with van der Waals surface area (Å²) in [5, 5.41) is 9.40. The summed E-state index contributed by atoms with van der Waals surface area (Å²) in [7, 11) is 0. The number of nitrogens with one attached hydrogen (secondary N) is 1. The topological polar surface area (TPSA) is 93.0 Å². The van der Waals surface area contributed by atoms with Gasteiger partial charge >= 0.3 is 0 Å². The Bertz CT molecular complexity index is 803. The maximum Gasteiger partial charge on any atom is 0.147 e. The molecule has 1 saturated heterocycles. The number of nitrogen functional groups attached to an aromatic ring is 1. The van der Waals surface area contributed by atoms with Gasteiger partial charge in [-0.3, -0.25) is 15.0 Å². The third kappa shape index (κ3) is 3.03. The van der Waals surface area contributed by atoms with Gasteiger partial charge in [-0.2, -0.15) is 5.10 Å². The zero-order chi connectivity index (χ0) is 16.4. The van der Waals surface area contributed by atoms with Crippen LogP contribution < -0.4 is 5.73 Å². The average Bonchev–Trinajstić information content (AvgIpc) is 3.27. The molecule has 1 aliphatic rings. The minimum atomic E-state index is -0.149. The van der Waals surface area contributed by atoms with E-state index >= 15 is 0 Å². The minimum absolute atomic E-state index is 0.149. The standard InChI is InChI=1S/C16H18N6OS/c17-16-15(18-3-4-19-16)12-10-22(5-6-23-12)9-11-8-20-21-14(11)13-2-1-7-24-13/h1-4,7-8,12H,5-6,9-10H2,(H2,17,19)(H,20,21)/t12-/m1/s1. The van der Waals surface area contributed by atoms with E-state index in [1.807, 2.05) is 12.3 Å². The summed E-state index contributed by atoms with van der Waals surface area (Å²) < 4.78 is 5.85. The molecule has 0 bridgehead atoms. The SMILES string of the molecule is Nc1nccnc1[C@H]1CN(Cc2cn[nH]c2-c2cccs2)CCO1. The number of H-pyrrole nitrogens is 1. The molecule has 0 saturated carbocycles. The molecule has 0 amide bonds. The average molecular weight is 342 g/mol. The second kappa shape index (κ2) is 6.68. The zero-order valence-electron chi connectivity index (χ0n) is 13.1. The van der Waals surface area contributed by atoms with E-state index in [4.69, 9.17) is 10.5 Å². The van der Waals surface area contributed by atoms with Crippen LogP contribution in [0.15, 0.2) is 36.1 Å². The molecule has 1 atom stereocenters. The number of nitrogens with two attached hydrogens (primary N) is 1. The molecule has 0 aliphatic carbocycles. The quantitative estimate of drug-likeness (QED) is 0.754. The van der Waals surface area contributed by atoms with Crippen LogP contribution >= 0.6 is 11.3 Å². The van der Waals surface area contributed by atoms with Gasteiger partial charge < -0.3 is 10.5 Å². The summed E-state index contributed by atoms with van der Waals surface area (Å²) >= 11 is 1.71. The lowest BCUT2D eigenvalue weighted by atomic mass is 10.1. The van der Waals surface area contributed by atoms with Gasteiger partial charge in [0.1, 0.15) is 17.6 Å². The Balaban J connectivity index is 1.50. The van der Waals surface area contributed by atoms with E-state index in [1.54, 1.807) is 23.7 Å². The Kier molecular flexibility index (Phi) is 4.24. The van der Waals surface area contributed by atoms with Crippen LogP contribution in [-0.4, -0.2) is 44.8 Å². The van der Waals surface area contributed by atoms with Crippen molar-refractivity contribution < 1.29 is 4.74 Å². The highest BCUT2D eigenvalue weighted by Gasteiger charge is 2.26. The van der Waals surface area contributed by atoms with Crippen molar-refractivity contribution in [3.63, 3.8) is 0 Å². The molecule has 0 radical (unpaired) electrons. The zero-order valence-corrected chi connectivity index (χ0v) is 13.9. The van der Waals surface area contributed by atoms with E-state index < -0.39 is 0 Å². The van der Waals surface area contributed by atoms with Crippen LogP contribution in [0.5, 0.6) is 0 Å². The molecule has 0 spiro atoms. The molecule has 3 N–H and O–H groups in total. The van der Waals surface area contributed by atoms with Crippen LogP contribution in [0.4, 0.5) is 5.82 Å². The number of nitrogens with zero attached hydrogens (tertiary/aromatic N) is 4. The lowest BCUT2D eigenvalue weighted by molar-refractivity contribution is -0.0346. The van der Waals surface area contributed by atoms with Crippen molar-refractivity contribution >= 4 is 17.2 Å². The highest BCUT2D eigenvalue weighted by molar-refractivity contribution is 7.13. The fourth-order valence-electron chi connectivity index (χ4n) is 2.93. The number of anilines is 1. The Morgan fingerprint density at radius 2 is 2.29 bits per heavy atom. The highest BCUT2D eigenvalue weighted by Crippen LogP contribution is 2.29. The predicted molar refractivity (Wildman–Crippen MR) is 92.3 cm³/mol. The normalized spacial score (nSPS) is 18.8. The van der Waals surface area contributed by atoms with E-state index in [2.05, 4.69) is 36.5 Å². The van der Waals surface area contributed by atoms with Crippen molar-refractivity contribution in [1.29, 1.82) is 0 Å². The molecule has 0 aromatic carbocycles. The first-order chi connectivity index (χ1) is 11.8. The lowest BCUT2D eigenvalue weighted by Crippen LogP contribution is -2.38. The van der Waals surface area contributed by atoms with Gasteiger partial charge in [0.15, 0.2) is 0 Å². The number of rotatable bonds is 4. The predicted octanol–water partition coefficient (Wildman–Crippen LogP) is 2.08. The molecule has 7 nitrogen and oxygen atoms in total. The third-order valence-electron chi connectivity index (χ3n) is 4.09. The summed E-state index contributed by atoms with van der Waals surface area (Å²) in [6, 6.07) is 4.15. The van der Waals surface area contributed by atoms with Crippen LogP contribution in [0.2, 0.25) is 0 Å². The van der Waals surface area contributed by atoms with Crippen molar-refractivity contribution in [2.75, 3.05) is 25.4 Å². The van der Waals surface area contributed by atoms with Crippen LogP contribution in [-0.2, 0) is 11.3 Å². The van der Waals surface area contributed by atoms with Gasteiger partial charge in [-0.15, -0.1) is 11.3 Å². The van der Waals surface area contributed by atoms with Crippen molar-refractivity contribution in [1.82, 2.24) is 25.1 Å². The molecule has 3 aromatic rings. The number of hydrogen-bond acceptors (Lipinski definition) is 7. The van der Waals surface area contributed by atoms with Crippen molar-refractivity contribution in [2.24, 2.45) is 0 Å². The van der Waals surface area contributed by atoms with Crippen LogP contribution in [0.25, 0.3) is 10.6 Å². The Hall–Kier alpha value is -2.29. The van der Waals surface area contributed by atoms with E-state index in [0.717, 1.165) is 25.3 Å². The Labute approximate surface area is 143 Å². The molecule has 4 heterocycles. The number of morpholine rings is 1. The van der Waals surface area contributed by atoms with Crippen LogP contribution in [0.1, 0.15) is 17.4 Å². The first-order valence-electron chi connectivity index (χ1n) is 7.77.